The van der Waals surface area contributed by atoms with E-state index in [4.69, 9.17) is 5.73 Å². The van der Waals surface area contributed by atoms with Gasteiger partial charge >= 0.3 is 0 Å². The molecule has 1 aromatic carbocycles. The summed E-state index contributed by atoms with van der Waals surface area (Å²) in [4.78, 5) is 9.79. The van der Waals surface area contributed by atoms with Gasteiger partial charge in [-0.05, 0) is 37.7 Å². The van der Waals surface area contributed by atoms with Crippen LogP contribution in [0.3, 0.4) is 0 Å². The average molecular weight is 343 g/mol. The molecule has 1 atom stereocenters. The Morgan fingerprint density at radius 2 is 1.91 bits per heavy atom. The Labute approximate surface area is 134 Å². The van der Waals surface area contributed by atoms with Crippen molar-refractivity contribution in [1.29, 1.82) is 0 Å². The third-order valence-corrected chi connectivity index (χ3v) is 5.67. The minimum atomic E-state index is -4.06. The highest BCUT2D eigenvalue weighted by atomic mass is 32.2. The van der Waals surface area contributed by atoms with Gasteiger partial charge in [0, 0.05) is 18.7 Å². The zero-order valence-electron chi connectivity index (χ0n) is 12.6. The summed E-state index contributed by atoms with van der Waals surface area (Å²) < 4.78 is 26.8. The number of nitro groups is 1. The minimum Gasteiger partial charge on any atom is -0.391 e. The van der Waals surface area contributed by atoms with Gasteiger partial charge in [0.1, 0.15) is 0 Å². The lowest BCUT2D eigenvalue weighted by Crippen LogP contribution is -2.39. The Morgan fingerprint density at radius 1 is 1.30 bits per heavy atom. The Balaban J connectivity index is 2.03. The Kier molecular flexibility index (Phi) is 5.69. The molecule has 128 valence electrons. The first-order chi connectivity index (χ1) is 10.8. The quantitative estimate of drug-likeness (QED) is 0.515. The predicted octanol–water partition coefficient (Wildman–Crippen LogP) is 0.752. The molecule has 9 heteroatoms. The standard InChI is InChI=1S/C14H21N3O5S/c15-11-7-5-10(6-8-11)13(18)9-16-23(21,22)14-4-2-1-3-12(14)17(19)20/h1-4,10-11,13,16,18H,5-9,15H2/t10-,11-,13?. The number of nitro benzene ring substituents is 1. The van der Waals surface area contributed by atoms with Crippen LogP contribution >= 0.6 is 0 Å². The first-order valence-corrected chi connectivity index (χ1v) is 8.96. The van der Waals surface area contributed by atoms with Gasteiger partial charge in [-0.15, -0.1) is 0 Å². The van der Waals surface area contributed by atoms with Gasteiger partial charge in [0.05, 0.1) is 11.0 Å². The summed E-state index contributed by atoms with van der Waals surface area (Å²) in [6.45, 7) is -0.172. The molecule has 1 saturated carbocycles. The van der Waals surface area contributed by atoms with E-state index in [0.29, 0.717) is 0 Å². The number of aliphatic hydroxyl groups is 1. The zero-order chi connectivity index (χ0) is 17.0. The van der Waals surface area contributed by atoms with Gasteiger partial charge in [-0.25, -0.2) is 13.1 Å². The van der Waals surface area contributed by atoms with Gasteiger partial charge in [-0.1, -0.05) is 12.1 Å². The molecule has 1 aliphatic rings. The third-order valence-electron chi connectivity index (χ3n) is 4.19. The molecule has 1 fully saturated rings. The number of aliphatic hydroxyl groups excluding tert-OH is 1. The molecule has 0 aromatic heterocycles. The molecule has 8 nitrogen and oxygen atoms in total. The van der Waals surface area contributed by atoms with Crippen molar-refractivity contribution in [2.75, 3.05) is 6.54 Å². The van der Waals surface area contributed by atoms with Crippen LogP contribution in [0.5, 0.6) is 0 Å². The van der Waals surface area contributed by atoms with E-state index >= 15 is 0 Å². The van der Waals surface area contributed by atoms with Gasteiger partial charge in [0.2, 0.25) is 10.0 Å². The fraction of sp³-hybridized carbons (Fsp3) is 0.571. The molecule has 23 heavy (non-hydrogen) atoms. The van der Waals surface area contributed by atoms with Crippen molar-refractivity contribution in [3.63, 3.8) is 0 Å². The topological polar surface area (TPSA) is 136 Å². The van der Waals surface area contributed by atoms with E-state index in [1.54, 1.807) is 0 Å². The number of benzene rings is 1. The van der Waals surface area contributed by atoms with Crippen LogP contribution < -0.4 is 10.5 Å². The maximum absolute atomic E-state index is 12.3. The summed E-state index contributed by atoms with van der Waals surface area (Å²) in [5, 5.41) is 21.1. The van der Waals surface area contributed by atoms with Crippen LogP contribution in [0.4, 0.5) is 5.69 Å². The fourth-order valence-corrected chi connectivity index (χ4v) is 4.03. The first kappa shape index (κ1) is 17.8. The van der Waals surface area contributed by atoms with Crippen molar-refractivity contribution in [2.24, 2.45) is 11.7 Å². The summed E-state index contributed by atoms with van der Waals surface area (Å²) in [5.74, 6) is -0.0109. The number of nitrogens with two attached hydrogens (primary N) is 1. The van der Waals surface area contributed by atoms with Crippen LogP contribution in [-0.4, -0.2) is 37.1 Å². The summed E-state index contributed by atoms with van der Waals surface area (Å²) in [6.07, 6.45) is 2.27. The molecule has 0 radical (unpaired) electrons. The smallest absolute Gasteiger partial charge is 0.289 e. The van der Waals surface area contributed by atoms with Crippen molar-refractivity contribution < 1.29 is 18.4 Å². The molecule has 0 heterocycles. The molecule has 0 spiro atoms. The predicted molar refractivity (Wildman–Crippen MR) is 84.2 cm³/mol. The molecule has 0 amide bonds. The largest absolute Gasteiger partial charge is 0.391 e. The highest BCUT2D eigenvalue weighted by Gasteiger charge is 2.29. The lowest BCUT2D eigenvalue weighted by atomic mass is 9.83. The van der Waals surface area contributed by atoms with E-state index in [-0.39, 0.29) is 18.5 Å². The second-order valence-corrected chi connectivity index (χ2v) is 7.55. The van der Waals surface area contributed by atoms with Crippen LogP contribution in [0.1, 0.15) is 25.7 Å². The van der Waals surface area contributed by atoms with Crippen molar-refractivity contribution in [3.8, 4) is 0 Å². The number of hydrogen-bond acceptors (Lipinski definition) is 6. The van der Waals surface area contributed by atoms with Crippen molar-refractivity contribution in [3.05, 3.63) is 34.4 Å². The van der Waals surface area contributed by atoms with Crippen LogP contribution in [0.25, 0.3) is 0 Å². The lowest BCUT2D eigenvalue weighted by Gasteiger charge is -2.29. The highest BCUT2D eigenvalue weighted by molar-refractivity contribution is 7.89. The maximum atomic E-state index is 12.3. The summed E-state index contributed by atoms with van der Waals surface area (Å²) >= 11 is 0. The van der Waals surface area contributed by atoms with Crippen molar-refractivity contribution in [2.45, 2.75) is 42.7 Å². The van der Waals surface area contributed by atoms with E-state index in [2.05, 4.69) is 4.72 Å². The number of nitrogens with zero attached hydrogens (tertiary/aromatic N) is 1. The van der Waals surface area contributed by atoms with Crippen molar-refractivity contribution in [1.82, 2.24) is 4.72 Å². The number of sulfonamides is 1. The molecular weight excluding hydrogens is 322 g/mol. The highest BCUT2D eigenvalue weighted by Crippen LogP contribution is 2.26. The summed E-state index contributed by atoms with van der Waals surface area (Å²) in [6, 6.07) is 5.26. The van der Waals surface area contributed by atoms with Gasteiger partial charge < -0.3 is 10.8 Å². The van der Waals surface area contributed by atoms with Crippen LogP contribution in [0, 0.1) is 16.0 Å². The van der Waals surface area contributed by atoms with Gasteiger partial charge in [0.15, 0.2) is 4.90 Å². The van der Waals surface area contributed by atoms with Crippen LogP contribution in [-0.2, 0) is 10.0 Å². The molecule has 0 aliphatic heterocycles. The SMILES string of the molecule is N[C@H]1CC[C@H](C(O)CNS(=O)(=O)c2ccccc2[N+](=O)[O-])CC1. The second-order valence-electron chi connectivity index (χ2n) is 5.82. The monoisotopic (exact) mass is 343 g/mol. The van der Waals surface area contributed by atoms with Gasteiger partial charge in [-0.3, -0.25) is 10.1 Å². The number of rotatable bonds is 6. The van der Waals surface area contributed by atoms with Gasteiger partial charge in [0.25, 0.3) is 5.69 Å². The van der Waals surface area contributed by atoms with Crippen molar-refractivity contribution >= 4 is 15.7 Å². The molecule has 1 aromatic rings. The summed E-state index contributed by atoms with van der Waals surface area (Å²) in [5.41, 5.74) is 5.32. The molecular formula is C14H21N3O5S. The Bertz CT molecular complexity index is 656. The molecule has 4 N–H and O–H groups in total. The third kappa shape index (κ3) is 4.47. The molecule has 2 rings (SSSR count). The molecule has 1 aliphatic carbocycles. The first-order valence-electron chi connectivity index (χ1n) is 7.48. The van der Waals surface area contributed by atoms with E-state index in [1.165, 1.54) is 18.2 Å². The molecule has 1 unspecified atom stereocenters. The number of nitrogens with one attached hydrogen (secondary N) is 1. The Morgan fingerprint density at radius 3 is 2.52 bits per heavy atom. The van der Waals surface area contributed by atoms with E-state index in [1.807, 2.05) is 0 Å². The van der Waals surface area contributed by atoms with Crippen LogP contribution in [0.15, 0.2) is 29.2 Å². The summed E-state index contributed by atoms with van der Waals surface area (Å²) in [7, 11) is -4.06. The molecule has 0 bridgehead atoms. The lowest BCUT2D eigenvalue weighted by molar-refractivity contribution is -0.387. The van der Waals surface area contributed by atoms with Gasteiger partial charge in [-0.2, -0.15) is 0 Å². The normalized spacial score (nSPS) is 23.4. The van der Waals surface area contributed by atoms with E-state index in [9.17, 15) is 23.6 Å². The van der Waals surface area contributed by atoms with E-state index < -0.39 is 31.6 Å². The fourth-order valence-electron chi connectivity index (χ4n) is 2.80. The second kappa shape index (κ2) is 7.35. The maximum Gasteiger partial charge on any atom is 0.289 e. The number of hydrogen-bond donors (Lipinski definition) is 3. The Hall–Kier alpha value is -1.55. The molecule has 0 saturated heterocycles. The number of para-hydroxylation sites is 1. The van der Waals surface area contributed by atoms with Crippen LogP contribution in [0.2, 0.25) is 0 Å². The average Bonchev–Trinajstić information content (AvgIpc) is 2.53. The van der Waals surface area contributed by atoms with E-state index in [0.717, 1.165) is 31.7 Å². The minimum absolute atomic E-state index is 0.0109. The zero-order valence-corrected chi connectivity index (χ0v) is 13.4.